The fourth-order valence-electron chi connectivity index (χ4n) is 3.03. The molecule has 0 aliphatic carbocycles. The Bertz CT molecular complexity index is 1230. The third kappa shape index (κ3) is 5.05. The highest BCUT2D eigenvalue weighted by Crippen LogP contribution is 2.18. The molecule has 0 saturated carbocycles. The Kier molecular flexibility index (Phi) is 6.65. The smallest absolute Gasteiger partial charge is 0.317 e. The van der Waals surface area contributed by atoms with Crippen LogP contribution >= 0.6 is 15.9 Å². The Morgan fingerprint density at radius 1 is 1.13 bits per heavy atom. The molecule has 2 aromatic carbocycles. The molecule has 0 fully saturated rings. The maximum Gasteiger partial charge on any atom is 0.317 e. The van der Waals surface area contributed by atoms with E-state index in [0.717, 1.165) is 22.7 Å². The molecule has 0 radical (unpaired) electrons. The molecule has 160 valence electrons. The largest absolute Gasteiger partial charge is 0.468 e. The van der Waals surface area contributed by atoms with Crippen LogP contribution in [-0.4, -0.2) is 34.7 Å². The van der Waals surface area contributed by atoms with Gasteiger partial charge >= 0.3 is 5.97 Å². The first-order valence-corrected chi connectivity index (χ1v) is 10.2. The zero-order valence-electron chi connectivity index (χ0n) is 17.1. The monoisotopic (exact) mass is 485 g/mol. The van der Waals surface area contributed by atoms with Crippen molar-refractivity contribution in [3.8, 4) is 0 Å². The number of benzene rings is 2. The molecule has 1 amide bonds. The number of aromatic amines is 1. The molecule has 31 heavy (non-hydrogen) atoms. The lowest BCUT2D eigenvalue weighted by Gasteiger charge is -2.13. The first-order chi connectivity index (χ1) is 14.7. The van der Waals surface area contributed by atoms with Crippen molar-refractivity contribution in [2.45, 2.75) is 20.3 Å². The molecule has 2 N–H and O–H groups in total. The maximum atomic E-state index is 12.7. The number of carbonyl (C=O) groups excluding carboxylic acids is 3. The Morgan fingerprint density at radius 2 is 1.77 bits per heavy atom. The van der Waals surface area contributed by atoms with E-state index >= 15 is 0 Å². The van der Waals surface area contributed by atoms with Gasteiger partial charge in [-0.3, -0.25) is 19.2 Å². The highest BCUT2D eigenvalue weighted by Gasteiger charge is 2.34. The van der Waals surface area contributed by atoms with E-state index < -0.39 is 29.1 Å². The number of ketones is 1. The average Bonchev–Trinajstić information content (AvgIpc) is 2.74. The van der Waals surface area contributed by atoms with Gasteiger partial charge in [-0.25, -0.2) is 4.98 Å². The molecule has 3 rings (SSSR count). The van der Waals surface area contributed by atoms with Crippen LogP contribution in [0.5, 0.6) is 0 Å². The molecule has 1 heterocycles. The molecule has 3 aromatic rings. The van der Waals surface area contributed by atoms with Gasteiger partial charge in [-0.2, -0.15) is 0 Å². The van der Waals surface area contributed by atoms with Crippen molar-refractivity contribution in [1.82, 2.24) is 9.97 Å². The van der Waals surface area contributed by atoms with Crippen LogP contribution in [0.3, 0.4) is 0 Å². The maximum absolute atomic E-state index is 12.7. The van der Waals surface area contributed by atoms with Crippen molar-refractivity contribution >= 4 is 50.3 Å². The quantitative estimate of drug-likeness (QED) is 0.314. The number of nitrogens with one attached hydrogen (secondary N) is 2. The minimum atomic E-state index is -1.50. The van der Waals surface area contributed by atoms with Gasteiger partial charge < -0.3 is 15.0 Å². The summed E-state index contributed by atoms with van der Waals surface area (Å²) < 4.78 is 5.50. The number of nitrogens with zero attached hydrogens (tertiary/aromatic N) is 1. The van der Waals surface area contributed by atoms with E-state index in [-0.39, 0.29) is 12.1 Å². The number of anilines is 1. The number of aromatic nitrogens is 2. The number of esters is 1. The summed E-state index contributed by atoms with van der Waals surface area (Å²) in [5.74, 6) is -4.42. The summed E-state index contributed by atoms with van der Waals surface area (Å²) in [4.78, 5) is 57.0. The van der Waals surface area contributed by atoms with E-state index in [1.54, 1.807) is 36.4 Å². The van der Waals surface area contributed by atoms with Crippen molar-refractivity contribution < 1.29 is 19.1 Å². The average molecular weight is 486 g/mol. The molecule has 1 atom stereocenters. The van der Waals surface area contributed by atoms with Crippen LogP contribution in [0.2, 0.25) is 0 Å². The number of H-pyrrole nitrogens is 1. The molecule has 0 aliphatic rings. The van der Waals surface area contributed by atoms with Gasteiger partial charge in [0.15, 0.2) is 0 Å². The van der Waals surface area contributed by atoms with Gasteiger partial charge in [0.25, 0.3) is 11.5 Å². The summed E-state index contributed by atoms with van der Waals surface area (Å²) in [7, 11) is 1.11. The molecule has 0 bridgehead atoms. The number of hydrogen-bond donors (Lipinski definition) is 2. The van der Waals surface area contributed by atoms with E-state index in [9.17, 15) is 19.2 Å². The Morgan fingerprint density at radius 3 is 2.42 bits per heavy atom. The Labute approximate surface area is 186 Å². The number of aryl methyl sites for hydroxylation is 2. The van der Waals surface area contributed by atoms with Gasteiger partial charge in [0, 0.05) is 16.6 Å². The second-order valence-electron chi connectivity index (χ2n) is 7.07. The summed E-state index contributed by atoms with van der Waals surface area (Å²) >= 11 is 3.28. The van der Waals surface area contributed by atoms with E-state index in [4.69, 9.17) is 4.74 Å². The number of Topliss-reactive ketones (excluding diaryl/α,β-unsaturated/α-hetero) is 1. The van der Waals surface area contributed by atoms with Crippen LogP contribution in [0.1, 0.15) is 16.8 Å². The van der Waals surface area contributed by atoms with E-state index in [1.165, 1.54) is 0 Å². The number of halogens is 1. The SMILES string of the molecule is COC(=O)C(Cc1nc2cc(C)c(C)cc2[nH]c1=O)C(=O)C(=O)Nc1ccc(Br)cc1. The number of ether oxygens (including phenoxy) is 1. The van der Waals surface area contributed by atoms with Crippen molar-refractivity contribution in [2.24, 2.45) is 5.92 Å². The van der Waals surface area contributed by atoms with Gasteiger partial charge in [0.2, 0.25) is 5.78 Å². The predicted molar refractivity (Wildman–Crippen MR) is 119 cm³/mol. The van der Waals surface area contributed by atoms with E-state index in [1.807, 2.05) is 13.8 Å². The van der Waals surface area contributed by atoms with Gasteiger partial charge in [-0.15, -0.1) is 0 Å². The minimum Gasteiger partial charge on any atom is -0.468 e. The van der Waals surface area contributed by atoms with Crippen LogP contribution in [0, 0.1) is 19.8 Å². The van der Waals surface area contributed by atoms with Gasteiger partial charge in [0.05, 0.1) is 18.1 Å². The minimum absolute atomic E-state index is 0.0315. The normalized spacial score (nSPS) is 11.7. The van der Waals surface area contributed by atoms with Crippen LogP contribution in [0.4, 0.5) is 5.69 Å². The zero-order chi connectivity index (χ0) is 22.7. The first-order valence-electron chi connectivity index (χ1n) is 9.38. The van der Waals surface area contributed by atoms with Crippen molar-refractivity contribution in [2.75, 3.05) is 12.4 Å². The number of fused-ring (bicyclic) bond motifs is 1. The van der Waals surface area contributed by atoms with Crippen molar-refractivity contribution in [1.29, 1.82) is 0 Å². The van der Waals surface area contributed by atoms with Crippen LogP contribution in [0.25, 0.3) is 11.0 Å². The third-order valence-electron chi connectivity index (χ3n) is 4.90. The summed E-state index contributed by atoms with van der Waals surface area (Å²) in [6.45, 7) is 3.82. The summed E-state index contributed by atoms with van der Waals surface area (Å²) in [5.41, 5.74) is 2.86. The fourth-order valence-corrected chi connectivity index (χ4v) is 3.29. The lowest BCUT2D eigenvalue weighted by Crippen LogP contribution is -2.37. The molecule has 8 nitrogen and oxygen atoms in total. The number of hydrogen-bond acceptors (Lipinski definition) is 6. The molecular weight excluding hydrogens is 466 g/mol. The van der Waals surface area contributed by atoms with E-state index in [2.05, 4.69) is 31.2 Å². The van der Waals surface area contributed by atoms with Crippen molar-refractivity contribution in [3.05, 3.63) is 68.0 Å². The third-order valence-corrected chi connectivity index (χ3v) is 5.43. The second-order valence-corrected chi connectivity index (χ2v) is 7.99. The highest BCUT2D eigenvalue weighted by molar-refractivity contribution is 9.10. The molecule has 1 aromatic heterocycles. The predicted octanol–water partition coefficient (Wildman–Crippen LogP) is 2.84. The number of methoxy groups -OCH3 is 1. The zero-order valence-corrected chi connectivity index (χ0v) is 18.7. The van der Waals surface area contributed by atoms with Crippen molar-refractivity contribution in [3.63, 3.8) is 0 Å². The Balaban J connectivity index is 1.89. The van der Waals surface area contributed by atoms with Crippen LogP contribution in [0.15, 0.2) is 45.7 Å². The van der Waals surface area contributed by atoms with E-state index in [0.29, 0.717) is 16.7 Å². The summed E-state index contributed by atoms with van der Waals surface area (Å²) in [6, 6.07) is 10.2. The number of carbonyl (C=O) groups is 3. The first kappa shape index (κ1) is 22.4. The molecule has 0 aliphatic heterocycles. The Hall–Kier alpha value is -3.33. The second kappa shape index (κ2) is 9.22. The van der Waals surface area contributed by atoms with Crippen LogP contribution in [-0.2, 0) is 25.5 Å². The van der Waals surface area contributed by atoms with Gasteiger partial charge in [0.1, 0.15) is 11.6 Å². The molecule has 9 heteroatoms. The van der Waals surface area contributed by atoms with Gasteiger partial charge in [-0.05, 0) is 61.4 Å². The molecule has 1 unspecified atom stereocenters. The van der Waals surface area contributed by atoms with Gasteiger partial charge in [-0.1, -0.05) is 15.9 Å². The number of rotatable bonds is 6. The molecule has 0 saturated heterocycles. The number of amides is 1. The van der Waals surface area contributed by atoms with Crippen LogP contribution < -0.4 is 10.9 Å². The summed E-state index contributed by atoms with van der Waals surface area (Å²) in [5, 5.41) is 2.45. The molecule has 0 spiro atoms. The highest BCUT2D eigenvalue weighted by atomic mass is 79.9. The standard InChI is InChI=1S/C22H20BrN3O5/c1-11-8-16-17(9-12(11)2)26-20(28)18(25-16)10-15(22(30)31-3)19(27)21(29)24-14-6-4-13(23)5-7-14/h4-9,15H,10H2,1-3H3,(H,24,29)(H,26,28). The molecular formula is C22H20BrN3O5. The fraction of sp³-hybridized carbons (Fsp3) is 0.227. The summed E-state index contributed by atoms with van der Waals surface area (Å²) in [6.07, 6.45) is -0.364. The topological polar surface area (TPSA) is 118 Å². The lowest BCUT2D eigenvalue weighted by molar-refractivity contribution is -0.152. The lowest BCUT2D eigenvalue weighted by atomic mass is 9.97.